The van der Waals surface area contributed by atoms with Gasteiger partial charge in [-0.2, -0.15) is 0 Å². The maximum atomic E-state index is 5.61. The van der Waals surface area contributed by atoms with Crippen molar-refractivity contribution >= 4 is 22.2 Å². The van der Waals surface area contributed by atoms with Gasteiger partial charge in [-0.15, -0.1) is 11.3 Å². The highest BCUT2D eigenvalue weighted by Crippen LogP contribution is 2.29. The first kappa shape index (κ1) is 24.0. The fraction of sp³-hybridized carbons (Fsp3) is 0.333. The van der Waals surface area contributed by atoms with Crippen molar-refractivity contribution in [1.82, 2.24) is 19.9 Å². The van der Waals surface area contributed by atoms with Crippen LogP contribution in [0.5, 0.6) is 5.75 Å². The Morgan fingerprint density at radius 2 is 1.94 bits per heavy atom. The van der Waals surface area contributed by atoms with Gasteiger partial charge in [0.15, 0.2) is 5.13 Å². The number of hydrogen-bond donors (Lipinski definition) is 2. The standard InChI is InChI=1S/C27H33N5OS/c1-19(15-28-21(3)22-8-6-5-7-9-22)10-11-24-17-34-27(31-24)30-23-12-13-25(26(14-23)33-4)32-16-20(2)29-18-32/h5-9,12-14,16-19,21,28H,10-11,15H2,1-4H3,(H,30,31)/t19-,21?/m0/s1. The lowest BCUT2D eigenvalue weighted by Crippen LogP contribution is -2.24. The van der Waals surface area contributed by atoms with E-state index in [0.717, 1.165) is 53.0 Å². The molecule has 4 aromatic rings. The van der Waals surface area contributed by atoms with Crippen LogP contribution in [0.15, 0.2) is 66.4 Å². The Balaban J connectivity index is 1.28. The average molecular weight is 476 g/mol. The summed E-state index contributed by atoms with van der Waals surface area (Å²) in [6, 6.07) is 17.0. The first-order chi connectivity index (χ1) is 16.5. The van der Waals surface area contributed by atoms with Crippen molar-refractivity contribution in [2.75, 3.05) is 19.0 Å². The van der Waals surface area contributed by atoms with Crippen molar-refractivity contribution in [3.63, 3.8) is 0 Å². The summed E-state index contributed by atoms with van der Waals surface area (Å²) in [5.74, 6) is 1.36. The van der Waals surface area contributed by atoms with Crippen LogP contribution < -0.4 is 15.4 Å². The highest BCUT2D eigenvalue weighted by atomic mass is 32.1. The first-order valence-corrected chi connectivity index (χ1v) is 12.6. The highest BCUT2D eigenvalue weighted by molar-refractivity contribution is 7.13. The lowest BCUT2D eigenvalue weighted by atomic mass is 10.0. The summed E-state index contributed by atoms with van der Waals surface area (Å²) in [6.07, 6.45) is 5.86. The number of imidazole rings is 1. The maximum absolute atomic E-state index is 5.61. The summed E-state index contributed by atoms with van der Waals surface area (Å²) in [6.45, 7) is 7.49. The minimum absolute atomic E-state index is 0.361. The highest BCUT2D eigenvalue weighted by Gasteiger charge is 2.11. The molecule has 4 rings (SSSR count). The molecule has 2 aromatic heterocycles. The predicted octanol–water partition coefficient (Wildman–Crippen LogP) is 6.31. The Labute approximate surface area is 206 Å². The zero-order chi connectivity index (χ0) is 23.9. The third-order valence-corrected chi connectivity index (χ3v) is 6.74. The molecule has 0 saturated carbocycles. The third kappa shape index (κ3) is 6.24. The Kier molecular flexibility index (Phi) is 7.98. The Morgan fingerprint density at radius 3 is 2.68 bits per heavy atom. The number of nitrogens with zero attached hydrogens (tertiary/aromatic N) is 3. The number of thiazole rings is 1. The van der Waals surface area contributed by atoms with Crippen molar-refractivity contribution in [3.05, 3.63) is 83.4 Å². The number of ether oxygens (including phenoxy) is 1. The van der Waals surface area contributed by atoms with Crippen molar-refractivity contribution in [2.45, 2.75) is 39.7 Å². The minimum Gasteiger partial charge on any atom is -0.494 e. The van der Waals surface area contributed by atoms with Gasteiger partial charge in [0, 0.05) is 29.4 Å². The SMILES string of the molecule is COc1cc(Nc2nc(CC[C@H](C)CNC(C)c3ccccc3)cs2)ccc1-n1cnc(C)c1. The van der Waals surface area contributed by atoms with Crippen molar-refractivity contribution in [1.29, 1.82) is 0 Å². The number of rotatable bonds is 11. The number of methoxy groups -OCH3 is 1. The summed E-state index contributed by atoms with van der Waals surface area (Å²) in [4.78, 5) is 9.10. The largest absolute Gasteiger partial charge is 0.494 e. The van der Waals surface area contributed by atoms with Crippen LogP contribution in [0.1, 0.15) is 43.3 Å². The molecule has 0 spiro atoms. The van der Waals surface area contributed by atoms with Gasteiger partial charge in [-0.25, -0.2) is 9.97 Å². The van der Waals surface area contributed by atoms with Gasteiger partial charge in [0.1, 0.15) is 5.75 Å². The Hall–Kier alpha value is -3.16. The molecule has 1 unspecified atom stereocenters. The fourth-order valence-electron chi connectivity index (χ4n) is 3.86. The van der Waals surface area contributed by atoms with Gasteiger partial charge in [-0.1, -0.05) is 37.3 Å². The van der Waals surface area contributed by atoms with Gasteiger partial charge < -0.3 is 19.9 Å². The van der Waals surface area contributed by atoms with E-state index in [4.69, 9.17) is 9.72 Å². The molecule has 7 heteroatoms. The zero-order valence-corrected chi connectivity index (χ0v) is 21.1. The molecule has 0 bridgehead atoms. The lowest BCUT2D eigenvalue weighted by molar-refractivity contribution is 0.413. The van der Waals surface area contributed by atoms with Gasteiger partial charge in [-0.05, 0) is 56.8 Å². The van der Waals surface area contributed by atoms with Gasteiger partial charge in [0.2, 0.25) is 0 Å². The van der Waals surface area contributed by atoms with Crippen LogP contribution in [-0.4, -0.2) is 28.2 Å². The van der Waals surface area contributed by atoms with Crippen molar-refractivity contribution < 1.29 is 4.74 Å². The van der Waals surface area contributed by atoms with Gasteiger partial charge in [0.05, 0.1) is 30.5 Å². The molecule has 0 aliphatic heterocycles. The van der Waals surface area contributed by atoms with Crippen LogP contribution in [0, 0.1) is 12.8 Å². The molecule has 2 heterocycles. The monoisotopic (exact) mass is 475 g/mol. The lowest BCUT2D eigenvalue weighted by Gasteiger charge is -2.18. The van der Waals surface area contributed by atoms with E-state index in [0.29, 0.717) is 12.0 Å². The van der Waals surface area contributed by atoms with Gasteiger partial charge in [0.25, 0.3) is 0 Å². The summed E-state index contributed by atoms with van der Waals surface area (Å²) in [5, 5.41) is 10.1. The van der Waals surface area contributed by atoms with Gasteiger partial charge in [-0.3, -0.25) is 0 Å². The van der Waals surface area contributed by atoms with Crippen LogP contribution in [0.3, 0.4) is 0 Å². The molecule has 6 nitrogen and oxygen atoms in total. The molecule has 2 aromatic carbocycles. The van der Waals surface area contributed by atoms with Crippen LogP contribution in [-0.2, 0) is 6.42 Å². The molecule has 0 amide bonds. The summed E-state index contributed by atoms with van der Waals surface area (Å²) in [5.41, 5.74) is 5.33. The Morgan fingerprint density at radius 1 is 1.12 bits per heavy atom. The summed E-state index contributed by atoms with van der Waals surface area (Å²) in [7, 11) is 1.69. The normalized spacial score (nSPS) is 12.9. The summed E-state index contributed by atoms with van der Waals surface area (Å²) >= 11 is 1.64. The van der Waals surface area contributed by atoms with E-state index in [2.05, 4.69) is 65.2 Å². The molecule has 0 aliphatic rings. The second-order valence-electron chi connectivity index (χ2n) is 8.76. The van der Waals surface area contributed by atoms with E-state index in [-0.39, 0.29) is 0 Å². The number of aryl methyl sites for hydroxylation is 2. The minimum atomic E-state index is 0.361. The van der Waals surface area contributed by atoms with E-state index in [9.17, 15) is 0 Å². The molecule has 0 saturated heterocycles. The molecule has 178 valence electrons. The smallest absolute Gasteiger partial charge is 0.187 e. The predicted molar refractivity (Wildman–Crippen MR) is 141 cm³/mol. The second-order valence-corrected chi connectivity index (χ2v) is 9.62. The third-order valence-electron chi connectivity index (χ3n) is 5.94. The number of anilines is 2. The number of hydrogen-bond acceptors (Lipinski definition) is 6. The van der Waals surface area contributed by atoms with E-state index < -0.39 is 0 Å². The van der Waals surface area contributed by atoms with Crippen molar-refractivity contribution in [2.24, 2.45) is 5.92 Å². The van der Waals surface area contributed by atoms with Gasteiger partial charge >= 0.3 is 0 Å². The van der Waals surface area contributed by atoms with Crippen LogP contribution in [0.25, 0.3) is 5.69 Å². The molecule has 2 atom stereocenters. The number of benzene rings is 2. The topological polar surface area (TPSA) is 64.0 Å². The van der Waals surface area contributed by atoms with Crippen LogP contribution in [0.4, 0.5) is 10.8 Å². The molecule has 2 N–H and O–H groups in total. The molecule has 34 heavy (non-hydrogen) atoms. The quantitative estimate of drug-likeness (QED) is 0.266. The molecule has 0 radical (unpaired) electrons. The maximum Gasteiger partial charge on any atom is 0.187 e. The fourth-order valence-corrected chi connectivity index (χ4v) is 4.62. The average Bonchev–Trinajstić information content (AvgIpc) is 3.50. The Bertz CT molecular complexity index is 1190. The van der Waals surface area contributed by atoms with E-state index >= 15 is 0 Å². The van der Waals surface area contributed by atoms with Crippen molar-refractivity contribution in [3.8, 4) is 11.4 Å². The number of nitrogens with one attached hydrogen (secondary N) is 2. The van der Waals surface area contributed by atoms with E-state index in [1.165, 1.54) is 5.56 Å². The van der Waals surface area contributed by atoms with Crippen LogP contribution in [0.2, 0.25) is 0 Å². The molecule has 0 aliphatic carbocycles. The molecular weight excluding hydrogens is 442 g/mol. The molecule has 0 fully saturated rings. The van der Waals surface area contributed by atoms with E-state index in [1.807, 2.05) is 35.9 Å². The van der Waals surface area contributed by atoms with E-state index in [1.54, 1.807) is 24.8 Å². The second kappa shape index (κ2) is 11.3. The molecular formula is C27H33N5OS. The zero-order valence-electron chi connectivity index (χ0n) is 20.3. The number of aromatic nitrogens is 3. The summed E-state index contributed by atoms with van der Waals surface area (Å²) < 4.78 is 7.58. The first-order valence-electron chi connectivity index (χ1n) is 11.7. The van der Waals surface area contributed by atoms with Crippen LogP contribution >= 0.6 is 11.3 Å².